The van der Waals surface area contributed by atoms with Gasteiger partial charge in [-0.1, -0.05) is 38.1 Å². The Kier molecular flexibility index (Phi) is 6.90. The van der Waals surface area contributed by atoms with Crippen LogP contribution in [0.5, 0.6) is 0 Å². The Bertz CT molecular complexity index is 504. The minimum absolute atomic E-state index is 0.365. The summed E-state index contributed by atoms with van der Waals surface area (Å²) in [7, 11) is 0. The van der Waals surface area contributed by atoms with Crippen molar-refractivity contribution in [3.8, 4) is 0 Å². The highest BCUT2D eigenvalue weighted by atomic mass is 15.1. The number of nitrogens with two attached hydrogens (primary N) is 1. The summed E-state index contributed by atoms with van der Waals surface area (Å²) in [6, 6.07) is 8.97. The van der Waals surface area contributed by atoms with Crippen molar-refractivity contribution in [1.82, 2.24) is 10.2 Å². The molecule has 0 aromatic heterocycles. The van der Waals surface area contributed by atoms with Crippen LogP contribution >= 0.6 is 0 Å². The predicted octanol–water partition coefficient (Wildman–Crippen LogP) is 3.12. The van der Waals surface area contributed by atoms with E-state index in [9.17, 15) is 0 Å². The van der Waals surface area contributed by atoms with Crippen molar-refractivity contribution in [3.63, 3.8) is 0 Å². The van der Waals surface area contributed by atoms with Gasteiger partial charge in [0.15, 0.2) is 5.96 Å². The molecule has 0 aliphatic carbocycles. The van der Waals surface area contributed by atoms with Gasteiger partial charge in [0.1, 0.15) is 0 Å². The molecule has 1 aromatic carbocycles. The van der Waals surface area contributed by atoms with Crippen molar-refractivity contribution >= 4 is 5.96 Å². The molecular formula is C19H32N4. The quantitative estimate of drug-likeness (QED) is 0.626. The van der Waals surface area contributed by atoms with E-state index in [1.807, 2.05) is 0 Å². The van der Waals surface area contributed by atoms with Crippen molar-refractivity contribution in [1.29, 1.82) is 0 Å². The third kappa shape index (κ3) is 5.87. The molecule has 128 valence electrons. The smallest absolute Gasteiger partial charge is 0.189 e. The van der Waals surface area contributed by atoms with Crippen molar-refractivity contribution in [2.75, 3.05) is 13.1 Å². The van der Waals surface area contributed by atoms with E-state index in [-0.39, 0.29) is 0 Å². The fraction of sp³-hybridized carbons (Fsp3) is 0.632. The number of nitrogens with one attached hydrogen (secondary N) is 1. The van der Waals surface area contributed by atoms with Crippen LogP contribution in [0.4, 0.5) is 0 Å². The summed E-state index contributed by atoms with van der Waals surface area (Å²) in [6.45, 7) is 10.7. The maximum absolute atomic E-state index is 5.98. The molecule has 0 radical (unpaired) electrons. The molecule has 1 atom stereocenters. The summed E-state index contributed by atoms with van der Waals surface area (Å²) in [6.07, 6.45) is 3.67. The summed E-state index contributed by atoms with van der Waals surface area (Å²) >= 11 is 0. The van der Waals surface area contributed by atoms with Crippen molar-refractivity contribution in [2.24, 2.45) is 16.6 Å². The summed E-state index contributed by atoms with van der Waals surface area (Å²) in [5.41, 5.74) is 8.63. The molecule has 23 heavy (non-hydrogen) atoms. The first-order valence-corrected chi connectivity index (χ1v) is 8.94. The van der Waals surface area contributed by atoms with Crippen LogP contribution in [0.15, 0.2) is 29.3 Å². The molecule has 1 saturated heterocycles. The Morgan fingerprint density at radius 3 is 2.61 bits per heavy atom. The summed E-state index contributed by atoms with van der Waals surface area (Å²) in [5.74, 6) is 1.42. The van der Waals surface area contributed by atoms with E-state index in [1.54, 1.807) is 0 Å². The summed E-state index contributed by atoms with van der Waals surface area (Å²) in [4.78, 5) is 7.07. The molecular weight excluding hydrogens is 284 g/mol. The first-order valence-electron chi connectivity index (χ1n) is 8.94. The lowest BCUT2D eigenvalue weighted by Crippen LogP contribution is -2.38. The van der Waals surface area contributed by atoms with Gasteiger partial charge in [-0.3, -0.25) is 4.90 Å². The van der Waals surface area contributed by atoms with E-state index < -0.39 is 0 Å². The highest BCUT2D eigenvalue weighted by molar-refractivity contribution is 5.78. The van der Waals surface area contributed by atoms with Crippen LogP contribution in [-0.2, 0) is 13.1 Å². The summed E-state index contributed by atoms with van der Waals surface area (Å²) < 4.78 is 0. The van der Waals surface area contributed by atoms with Crippen LogP contribution < -0.4 is 11.1 Å². The Hall–Kier alpha value is -1.55. The minimum atomic E-state index is 0.365. The topological polar surface area (TPSA) is 53.6 Å². The SMILES string of the molecule is CCC(C)NC(N)=NCc1ccccc1CN1CCC(C)CC1. The molecule has 4 heteroatoms. The second kappa shape index (κ2) is 8.92. The molecule has 0 bridgehead atoms. The van der Waals surface area contributed by atoms with Crippen LogP contribution in [0, 0.1) is 5.92 Å². The van der Waals surface area contributed by atoms with Crippen molar-refractivity contribution in [2.45, 2.75) is 59.2 Å². The van der Waals surface area contributed by atoms with E-state index in [2.05, 4.69) is 60.2 Å². The maximum atomic E-state index is 5.98. The molecule has 2 rings (SSSR count). The fourth-order valence-electron chi connectivity index (χ4n) is 2.90. The zero-order valence-corrected chi connectivity index (χ0v) is 14.9. The number of piperidine rings is 1. The fourth-order valence-corrected chi connectivity index (χ4v) is 2.90. The average Bonchev–Trinajstić information content (AvgIpc) is 2.56. The molecule has 1 aromatic rings. The van der Waals surface area contributed by atoms with Gasteiger partial charge >= 0.3 is 0 Å². The third-order valence-electron chi connectivity index (χ3n) is 4.81. The molecule has 1 unspecified atom stereocenters. The Morgan fingerprint density at radius 1 is 1.30 bits per heavy atom. The second-order valence-corrected chi connectivity index (χ2v) is 6.88. The lowest BCUT2D eigenvalue weighted by atomic mass is 9.98. The van der Waals surface area contributed by atoms with Crippen LogP contribution in [0.2, 0.25) is 0 Å². The number of likely N-dealkylation sites (tertiary alicyclic amines) is 1. The highest BCUT2D eigenvalue weighted by Gasteiger charge is 2.16. The van der Waals surface area contributed by atoms with Crippen molar-refractivity contribution in [3.05, 3.63) is 35.4 Å². The minimum Gasteiger partial charge on any atom is -0.370 e. The number of nitrogens with zero attached hydrogens (tertiary/aromatic N) is 2. The number of guanidine groups is 1. The van der Waals surface area contributed by atoms with Gasteiger partial charge in [-0.05, 0) is 56.3 Å². The Morgan fingerprint density at radius 2 is 1.96 bits per heavy atom. The molecule has 0 spiro atoms. The summed E-state index contributed by atoms with van der Waals surface area (Å²) in [5, 5.41) is 3.22. The van der Waals surface area contributed by atoms with Gasteiger partial charge < -0.3 is 11.1 Å². The number of hydrogen-bond acceptors (Lipinski definition) is 2. The molecule has 3 N–H and O–H groups in total. The van der Waals surface area contributed by atoms with E-state index >= 15 is 0 Å². The second-order valence-electron chi connectivity index (χ2n) is 6.88. The van der Waals surface area contributed by atoms with E-state index in [4.69, 9.17) is 5.73 Å². The van der Waals surface area contributed by atoms with Gasteiger partial charge in [-0.25, -0.2) is 4.99 Å². The average molecular weight is 316 g/mol. The normalized spacial score (nSPS) is 18.8. The molecule has 1 fully saturated rings. The molecule has 4 nitrogen and oxygen atoms in total. The maximum Gasteiger partial charge on any atom is 0.189 e. The van der Waals surface area contributed by atoms with Gasteiger partial charge in [-0.2, -0.15) is 0 Å². The zero-order valence-electron chi connectivity index (χ0n) is 14.9. The lowest BCUT2D eigenvalue weighted by Gasteiger charge is -2.30. The lowest BCUT2D eigenvalue weighted by molar-refractivity contribution is 0.185. The van der Waals surface area contributed by atoms with Gasteiger partial charge in [0.05, 0.1) is 6.54 Å². The van der Waals surface area contributed by atoms with E-state index in [1.165, 1.54) is 37.1 Å². The van der Waals surface area contributed by atoms with E-state index in [0.717, 1.165) is 18.9 Å². The first-order chi connectivity index (χ1) is 11.1. The highest BCUT2D eigenvalue weighted by Crippen LogP contribution is 2.20. The molecule has 0 amide bonds. The van der Waals surface area contributed by atoms with Crippen LogP contribution in [-0.4, -0.2) is 30.0 Å². The number of benzene rings is 1. The molecule has 1 aliphatic rings. The number of rotatable bonds is 6. The zero-order chi connectivity index (χ0) is 16.7. The van der Waals surface area contributed by atoms with Gasteiger partial charge in [0.2, 0.25) is 0 Å². The molecule has 1 aliphatic heterocycles. The van der Waals surface area contributed by atoms with Gasteiger partial charge in [0, 0.05) is 12.6 Å². The number of hydrogen-bond donors (Lipinski definition) is 2. The third-order valence-corrected chi connectivity index (χ3v) is 4.81. The van der Waals surface area contributed by atoms with Crippen molar-refractivity contribution < 1.29 is 0 Å². The van der Waals surface area contributed by atoms with Gasteiger partial charge in [-0.15, -0.1) is 0 Å². The standard InChI is InChI=1S/C19H32N4/c1-4-16(3)22-19(20)21-13-17-7-5-6-8-18(17)14-23-11-9-15(2)10-12-23/h5-8,15-16H,4,9-14H2,1-3H3,(H3,20,21,22). The Labute approximate surface area is 141 Å². The Balaban J connectivity index is 1.96. The molecule has 1 heterocycles. The monoisotopic (exact) mass is 316 g/mol. The number of aliphatic imine (C=N–C) groups is 1. The largest absolute Gasteiger partial charge is 0.370 e. The predicted molar refractivity (Wildman–Crippen MR) is 98.3 cm³/mol. The van der Waals surface area contributed by atoms with Crippen LogP contribution in [0.1, 0.15) is 51.2 Å². The van der Waals surface area contributed by atoms with Crippen LogP contribution in [0.3, 0.4) is 0 Å². The van der Waals surface area contributed by atoms with Crippen LogP contribution in [0.25, 0.3) is 0 Å². The van der Waals surface area contributed by atoms with E-state index in [0.29, 0.717) is 18.5 Å². The first kappa shape index (κ1) is 17.8. The molecule has 0 saturated carbocycles. The van der Waals surface area contributed by atoms with Gasteiger partial charge in [0.25, 0.3) is 0 Å².